The zero-order valence-electron chi connectivity index (χ0n) is 12.1. The van der Waals surface area contributed by atoms with Gasteiger partial charge in [0.05, 0.1) is 24.5 Å². The number of ether oxygens (including phenoxy) is 2. The van der Waals surface area contributed by atoms with E-state index in [-0.39, 0.29) is 6.10 Å². The van der Waals surface area contributed by atoms with Gasteiger partial charge in [-0.2, -0.15) is 0 Å². The first-order chi connectivity index (χ1) is 9.10. The summed E-state index contributed by atoms with van der Waals surface area (Å²) in [5, 5.41) is 0. The SMILES string of the molecule is CCC1CN(c2ccc(N)c(OC(C)C)c2)CCO1. The minimum atomic E-state index is 0.130. The summed E-state index contributed by atoms with van der Waals surface area (Å²) >= 11 is 0. The van der Waals surface area contributed by atoms with Crippen molar-refractivity contribution < 1.29 is 9.47 Å². The molecule has 4 heteroatoms. The quantitative estimate of drug-likeness (QED) is 0.849. The van der Waals surface area contributed by atoms with Gasteiger partial charge in [-0.3, -0.25) is 0 Å². The second-order valence-corrected chi connectivity index (χ2v) is 5.24. The Balaban J connectivity index is 2.15. The summed E-state index contributed by atoms with van der Waals surface area (Å²) in [6.45, 7) is 8.80. The average Bonchev–Trinajstić information content (AvgIpc) is 2.41. The van der Waals surface area contributed by atoms with Crippen molar-refractivity contribution in [3.8, 4) is 5.75 Å². The van der Waals surface area contributed by atoms with E-state index in [0.717, 1.165) is 37.6 Å². The predicted octanol–water partition coefficient (Wildman–Crippen LogP) is 2.67. The molecule has 1 fully saturated rings. The lowest BCUT2D eigenvalue weighted by atomic mass is 10.2. The largest absolute Gasteiger partial charge is 0.489 e. The first-order valence-corrected chi connectivity index (χ1v) is 7.03. The van der Waals surface area contributed by atoms with Crippen molar-refractivity contribution in [3.63, 3.8) is 0 Å². The number of rotatable bonds is 4. The molecule has 0 radical (unpaired) electrons. The molecule has 2 rings (SSSR count). The molecule has 1 aromatic rings. The summed E-state index contributed by atoms with van der Waals surface area (Å²) < 4.78 is 11.4. The van der Waals surface area contributed by atoms with E-state index in [9.17, 15) is 0 Å². The Bertz CT molecular complexity index is 421. The maximum atomic E-state index is 5.95. The van der Waals surface area contributed by atoms with Crippen LogP contribution in [0.3, 0.4) is 0 Å². The van der Waals surface area contributed by atoms with Gasteiger partial charge in [0.2, 0.25) is 0 Å². The van der Waals surface area contributed by atoms with Gasteiger partial charge in [-0.15, -0.1) is 0 Å². The highest BCUT2D eigenvalue weighted by Gasteiger charge is 2.20. The smallest absolute Gasteiger partial charge is 0.144 e. The lowest BCUT2D eigenvalue weighted by Crippen LogP contribution is -2.42. The van der Waals surface area contributed by atoms with Crippen LogP contribution >= 0.6 is 0 Å². The number of hydrogen-bond donors (Lipinski definition) is 1. The van der Waals surface area contributed by atoms with Gasteiger partial charge in [0.25, 0.3) is 0 Å². The maximum absolute atomic E-state index is 5.95. The molecule has 1 aromatic carbocycles. The van der Waals surface area contributed by atoms with Gasteiger partial charge in [0.1, 0.15) is 5.75 Å². The Morgan fingerprint density at radius 1 is 1.47 bits per heavy atom. The highest BCUT2D eigenvalue weighted by Crippen LogP contribution is 2.29. The predicted molar refractivity (Wildman–Crippen MR) is 78.9 cm³/mol. The minimum absolute atomic E-state index is 0.130. The summed E-state index contributed by atoms with van der Waals surface area (Å²) in [5.74, 6) is 0.770. The van der Waals surface area contributed by atoms with E-state index in [1.165, 1.54) is 0 Å². The number of benzene rings is 1. The molecule has 19 heavy (non-hydrogen) atoms. The summed E-state index contributed by atoms with van der Waals surface area (Å²) in [6, 6.07) is 6.01. The number of nitrogens with two attached hydrogens (primary N) is 1. The number of nitrogen functional groups attached to an aromatic ring is 1. The molecular formula is C15H24N2O2. The molecule has 0 aliphatic carbocycles. The van der Waals surface area contributed by atoms with E-state index in [4.69, 9.17) is 15.2 Å². The average molecular weight is 264 g/mol. The Hall–Kier alpha value is -1.42. The van der Waals surface area contributed by atoms with Gasteiger partial charge < -0.3 is 20.1 Å². The molecule has 0 amide bonds. The van der Waals surface area contributed by atoms with Gasteiger partial charge in [0.15, 0.2) is 0 Å². The lowest BCUT2D eigenvalue weighted by Gasteiger charge is -2.34. The van der Waals surface area contributed by atoms with Crippen molar-refractivity contribution in [2.75, 3.05) is 30.3 Å². The number of morpholine rings is 1. The van der Waals surface area contributed by atoms with Gasteiger partial charge >= 0.3 is 0 Å². The minimum Gasteiger partial charge on any atom is -0.489 e. The summed E-state index contributed by atoms with van der Waals surface area (Å²) in [6.07, 6.45) is 1.49. The van der Waals surface area contributed by atoms with E-state index in [0.29, 0.717) is 11.8 Å². The Kier molecular flexibility index (Phi) is 4.53. The third-order valence-corrected chi connectivity index (χ3v) is 3.32. The summed E-state index contributed by atoms with van der Waals surface area (Å²) in [4.78, 5) is 2.34. The lowest BCUT2D eigenvalue weighted by molar-refractivity contribution is 0.0384. The van der Waals surface area contributed by atoms with Crippen molar-refractivity contribution in [1.82, 2.24) is 0 Å². The Morgan fingerprint density at radius 2 is 2.26 bits per heavy atom. The van der Waals surface area contributed by atoms with Crippen LogP contribution in [0.5, 0.6) is 5.75 Å². The van der Waals surface area contributed by atoms with Crippen LogP contribution in [0.25, 0.3) is 0 Å². The molecule has 1 unspecified atom stereocenters. The fraction of sp³-hybridized carbons (Fsp3) is 0.600. The Labute approximate surface area is 115 Å². The summed E-state index contributed by atoms with van der Waals surface area (Å²) in [7, 11) is 0. The van der Waals surface area contributed by atoms with Crippen molar-refractivity contribution in [2.24, 2.45) is 0 Å². The first-order valence-electron chi connectivity index (χ1n) is 7.03. The zero-order chi connectivity index (χ0) is 13.8. The molecular weight excluding hydrogens is 240 g/mol. The molecule has 1 atom stereocenters. The fourth-order valence-electron chi connectivity index (χ4n) is 2.28. The van der Waals surface area contributed by atoms with Crippen molar-refractivity contribution in [3.05, 3.63) is 18.2 Å². The number of anilines is 2. The van der Waals surface area contributed by atoms with Crippen LogP contribution in [0.1, 0.15) is 27.2 Å². The molecule has 0 saturated carbocycles. The normalized spacial score (nSPS) is 19.8. The second-order valence-electron chi connectivity index (χ2n) is 5.24. The highest BCUT2D eigenvalue weighted by molar-refractivity contribution is 5.62. The fourth-order valence-corrected chi connectivity index (χ4v) is 2.28. The highest BCUT2D eigenvalue weighted by atomic mass is 16.5. The third-order valence-electron chi connectivity index (χ3n) is 3.32. The van der Waals surface area contributed by atoms with Crippen LogP contribution in [-0.2, 0) is 4.74 Å². The van der Waals surface area contributed by atoms with Crippen LogP contribution in [0, 0.1) is 0 Å². The molecule has 1 heterocycles. The van der Waals surface area contributed by atoms with Crippen LogP contribution in [0.15, 0.2) is 18.2 Å². The molecule has 1 aliphatic rings. The maximum Gasteiger partial charge on any atom is 0.144 e. The van der Waals surface area contributed by atoms with Crippen molar-refractivity contribution in [1.29, 1.82) is 0 Å². The monoisotopic (exact) mass is 264 g/mol. The van der Waals surface area contributed by atoms with E-state index >= 15 is 0 Å². The van der Waals surface area contributed by atoms with Gasteiger partial charge in [-0.05, 0) is 32.4 Å². The number of nitrogens with zero attached hydrogens (tertiary/aromatic N) is 1. The van der Waals surface area contributed by atoms with Crippen LogP contribution < -0.4 is 15.4 Å². The first kappa shape index (κ1) is 14.0. The molecule has 0 bridgehead atoms. The van der Waals surface area contributed by atoms with Gasteiger partial charge in [-0.25, -0.2) is 0 Å². The van der Waals surface area contributed by atoms with Crippen molar-refractivity contribution in [2.45, 2.75) is 39.4 Å². The Morgan fingerprint density at radius 3 is 2.95 bits per heavy atom. The zero-order valence-corrected chi connectivity index (χ0v) is 12.1. The molecule has 0 aromatic heterocycles. The molecule has 1 aliphatic heterocycles. The molecule has 4 nitrogen and oxygen atoms in total. The summed E-state index contributed by atoms with van der Waals surface area (Å²) in [5.41, 5.74) is 7.80. The molecule has 1 saturated heterocycles. The van der Waals surface area contributed by atoms with E-state index in [1.54, 1.807) is 0 Å². The topological polar surface area (TPSA) is 47.7 Å². The van der Waals surface area contributed by atoms with Gasteiger partial charge in [0, 0.05) is 24.8 Å². The van der Waals surface area contributed by atoms with Crippen molar-refractivity contribution >= 4 is 11.4 Å². The molecule has 106 valence electrons. The van der Waals surface area contributed by atoms with Crippen LogP contribution in [0.4, 0.5) is 11.4 Å². The molecule has 0 spiro atoms. The number of hydrogen-bond acceptors (Lipinski definition) is 4. The third kappa shape index (κ3) is 3.53. The standard InChI is InChI=1S/C15H24N2O2/c1-4-13-10-17(7-8-18-13)12-5-6-14(16)15(9-12)19-11(2)3/h5-6,9,11,13H,4,7-8,10,16H2,1-3H3. The van der Waals surface area contributed by atoms with E-state index in [2.05, 4.69) is 17.9 Å². The van der Waals surface area contributed by atoms with E-state index in [1.807, 2.05) is 26.0 Å². The van der Waals surface area contributed by atoms with Crippen LogP contribution in [-0.4, -0.2) is 31.9 Å². The second kappa shape index (κ2) is 6.15. The van der Waals surface area contributed by atoms with Gasteiger partial charge in [-0.1, -0.05) is 6.92 Å². The molecule has 2 N–H and O–H groups in total. The van der Waals surface area contributed by atoms with Crippen LogP contribution in [0.2, 0.25) is 0 Å². The van der Waals surface area contributed by atoms with E-state index < -0.39 is 0 Å².